The Morgan fingerprint density at radius 3 is 2.21 bits per heavy atom. The topological polar surface area (TPSA) is 86.5 Å². The van der Waals surface area contributed by atoms with E-state index in [1.54, 1.807) is 0 Å². The van der Waals surface area contributed by atoms with Crippen LogP contribution in [-0.4, -0.2) is 22.9 Å². The van der Waals surface area contributed by atoms with Crippen molar-refractivity contribution >= 4 is 11.6 Å². The maximum Gasteiger partial charge on any atom is 0.269 e. The zero-order valence-electron chi connectivity index (χ0n) is 7.34. The van der Waals surface area contributed by atoms with Crippen LogP contribution in [0.4, 0.5) is 5.69 Å². The van der Waals surface area contributed by atoms with Gasteiger partial charge in [0.1, 0.15) is 0 Å². The predicted octanol–water partition coefficient (Wildman–Crippen LogP) is 1.16. The second-order valence-electron chi connectivity index (χ2n) is 2.61. The van der Waals surface area contributed by atoms with Gasteiger partial charge in [-0.3, -0.25) is 14.9 Å². The van der Waals surface area contributed by atoms with Gasteiger partial charge >= 0.3 is 0 Å². The molecule has 0 saturated heterocycles. The summed E-state index contributed by atoms with van der Waals surface area (Å²) in [4.78, 5) is 20.8. The number of nitro groups is 1. The monoisotopic (exact) mass is 195 g/mol. The first kappa shape index (κ1) is 10.1. The van der Waals surface area contributed by atoms with Crippen molar-refractivity contribution in [1.82, 2.24) is 5.06 Å². The third kappa shape index (κ3) is 2.05. The lowest BCUT2D eigenvalue weighted by Gasteiger charge is -2.21. The summed E-state index contributed by atoms with van der Waals surface area (Å²) in [6.45, 7) is 0. The van der Waals surface area contributed by atoms with Gasteiger partial charge in [-0.05, 0) is 19.2 Å². The van der Waals surface area contributed by atoms with Crippen molar-refractivity contribution in [2.24, 2.45) is 0 Å². The largest absolute Gasteiger partial charge is 0.756 e. The number of nitro benzene ring substituents is 1. The number of amides is 1. The van der Waals surface area contributed by atoms with E-state index in [9.17, 15) is 20.1 Å². The minimum Gasteiger partial charge on any atom is -0.756 e. The zero-order chi connectivity index (χ0) is 10.7. The molecule has 1 aromatic carbocycles. The van der Waals surface area contributed by atoms with Gasteiger partial charge in [-0.15, -0.1) is 0 Å². The van der Waals surface area contributed by atoms with Gasteiger partial charge in [-0.25, -0.2) is 0 Å². The predicted molar refractivity (Wildman–Crippen MR) is 48.6 cm³/mol. The van der Waals surface area contributed by atoms with Crippen LogP contribution in [0.2, 0.25) is 0 Å². The number of hydrogen-bond donors (Lipinski definition) is 0. The summed E-state index contributed by atoms with van der Waals surface area (Å²) in [7, 11) is 1.07. The van der Waals surface area contributed by atoms with Crippen molar-refractivity contribution in [2.75, 3.05) is 7.05 Å². The SMILES string of the molecule is CN([O-])C(=O)c1ccc([N+](=O)[O-])cc1. The van der Waals surface area contributed by atoms with Crippen molar-refractivity contribution in [2.45, 2.75) is 0 Å². The maximum atomic E-state index is 11.1. The number of hydrogen-bond acceptors (Lipinski definition) is 4. The van der Waals surface area contributed by atoms with Crippen LogP contribution in [0.3, 0.4) is 0 Å². The summed E-state index contributed by atoms with van der Waals surface area (Å²) in [6, 6.07) is 4.84. The van der Waals surface area contributed by atoms with Crippen molar-refractivity contribution in [1.29, 1.82) is 0 Å². The third-order valence-corrected chi connectivity index (χ3v) is 1.61. The van der Waals surface area contributed by atoms with Crippen LogP contribution in [0, 0.1) is 15.3 Å². The Morgan fingerprint density at radius 2 is 1.86 bits per heavy atom. The lowest BCUT2D eigenvalue weighted by molar-refractivity contribution is -0.384. The van der Waals surface area contributed by atoms with Crippen molar-refractivity contribution in [3.05, 3.63) is 45.2 Å². The molecule has 0 fully saturated rings. The van der Waals surface area contributed by atoms with Crippen LogP contribution in [0.25, 0.3) is 0 Å². The van der Waals surface area contributed by atoms with E-state index < -0.39 is 10.8 Å². The van der Waals surface area contributed by atoms with Gasteiger partial charge < -0.3 is 10.3 Å². The Bertz CT molecular complexity index is 358. The van der Waals surface area contributed by atoms with Crippen molar-refractivity contribution in [3.63, 3.8) is 0 Å². The quantitative estimate of drug-likeness (QED) is 0.523. The molecule has 0 saturated carbocycles. The molecule has 0 N–H and O–H groups in total. The standard InChI is InChI=1S/C8H7N2O4/c1-9(12)8(11)6-2-4-7(5-3-6)10(13)14/h2-5H,1H3/q-1. The van der Waals surface area contributed by atoms with Crippen molar-refractivity contribution in [3.8, 4) is 0 Å². The molecule has 0 aromatic heterocycles. The number of non-ortho nitro benzene ring substituents is 1. The first-order valence-electron chi connectivity index (χ1n) is 3.72. The highest BCUT2D eigenvalue weighted by atomic mass is 16.6. The lowest BCUT2D eigenvalue weighted by atomic mass is 10.2. The Hall–Kier alpha value is -1.95. The molecule has 0 unspecified atom stereocenters. The van der Waals surface area contributed by atoms with E-state index >= 15 is 0 Å². The zero-order valence-corrected chi connectivity index (χ0v) is 7.34. The summed E-state index contributed by atoms with van der Waals surface area (Å²) < 4.78 is 0. The molecule has 6 nitrogen and oxygen atoms in total. The minimum atomic E-state index is -0.722. The first-order chi connectivity index (χ1) is 6.52. The summed E-state index contributed by atoms with van der Waals surface area (Å²) in [5.41, 5.74) is 0.0169. The van der Waals surface area contributed by atoms with E-state index in [2.05, 4.69) is 0 Å². The van der Waals surface area contributed by atoms with Crippen LogP contribution in [0.1, 0.15) is 10.4 Å². The van der Waals surface area contributed by atoms with Crippen LogP contribution in [0.5, 0.6) is 0 Å². The van der Waals surface area contributed by atoms with Crippen LogP contribution in [-0.2, 0) is 0 Å². The Kier molecular flexibility index (Phi) is 2.78. The molecule has 0 spiro atoms. The van der Waals surface area contributed by atoms with Crippen molar-refractivity contribution < 1.29 is 9.72 Å². The summed E-state index contributed by atoms with van der Waals surface area (Å²) in [5, 5.41) is 21.0. The van der Waals surface area contributed by atoms with E-state index in [-0.39, 0.29) is 16.3 Å². The molecular weight excluding hydrogens is 188 g/mol. The molecule has 1 aromatic rings. The number of carbonyl (C=O) groups is 1. The van der Waals surface area contributed by atoms with Gasteiger partial charge in [-0.2, -0.15) is 0 Å². The fraction of sp³-hybridized carbons (Fsp3) is 0.125. The van der Waals surface area contributed by atoms with E-state index in [1.165, 1.54) is 24.3 Å². The van der Waals surface area contributed by atoms with Gasteiger partial charge in [0.15, 0.2) is 0 Å². The molecule has 0 heterocycles. The second-order valence-corrected chi connectivity index (χ2v) is 2.61. The smallest absolute Gasteiger partial charge is 0.269 e. The summed E-state index contributed by atoms with van der Waals surface area (Å²) >= 11 is 0. The van der Waals surface area contributed by atoms with E-state index in [4.69, 9.17) is 0 Å². The van der Waals surface area contributed by atoms with Crippen LogP contribution < -0.4 is 0 Å². The highest BCUT2D eigenvalue weighted by Crippen LogP contribution is 2.12. The number of hydroxylamine groups is 2. The molecule has 0 aliphatic carbocycles. The Morgan fingerprint density at radius 1 is 1.36 bits per heavy atom. The fourth-order valence-electron chi connectivity index (χ4n) is 0.908. The average Bonchev–Trinajstić information content (AvgIpc) is 2.16. The molecule has 74 valence electrons. The molecular formula is C8H7N2O4-. The first-order valence-corrected chi connectivity index (χ1v) is 3.72. The Balaban J connectivity index is 2.94. The van der Waals surface area contributed by atoms with E-state index in [1.807, 2.05) is 0 Å². The number of nitrogens with zero attached hydrogens (tertiary/aromatic N) is 2. The molecule has 1 amide bonds. The number of benzene rings is 1. The van der Waals surface area contributed by atoms with Gasteiger partial charge in [0, 0.05) is 17.7 Å². The van der Waals surface area contributed by atoms with E-state index in [0.717, 1.165) is 7.05 Å². The lowest BCUT2D eigenvalue weighted by Crippen LogP contribution is -2.19. The average molecular weight is 195 g/mol. The molecule has 0 aliphatic heterocycles. The molecule has 1 rings (SSSR count). The van der Waals surface area contributed by atoms with E-state index in [0.29, 0.717) is 0 Å². The van der Waals surface area contributed by atoms with Crippen LogP contribution >= 0.6 is 0 Å². The minimum absolute atomic E-state index is 0.116. The molecule has 0 radical (unpaired) electrons. The van der Waals surface area contributed by atoms with Gasteiger partial charge in [-0.1, -0.05) is 0 Å². The number of carbonyl (C=O) groups excluding carboxylic acids is 1. The van der Waals surface area contributed by atoms with Gasteiger partial charge in [0.2, 0.25) is 5.91 Å². The Labute approximate surface area is 79.5 Å². The van der Waals surface area contributed by atoms with Crippen LogP contribution in [0.15, 0.2) is 24.3 Å². The fourth-order valence-corrected chi connectivity index (χ4v) is 0.908. The third-order valence-electron chi connectivity index (χ3n) is 1.61. The maximum absolute atomic E-state index is 11.1. The second kappa shape index (κ2) is 3.84. The number of rotatable bonds is 2. The molecule has 0 atom stereocenters. The molecule has 6 heteroatoms. The molecule has 0 bridgehead atoms. The highest BCUT2D eigenvalue weighted by Gasteiger charge is 2.08. The van der Waals surface area contributed by atoms with Gasteiger partial charge in [0.25, 0.3) is 5.69 Å². The summed E-state index contributed by atoms with van der Waals surface area (Å²) in [6.07, 6.45) is 0. The molecule has 14 heavy (non-hydrogen) atoms. The normalized spacial score (nSPS) is 9.57. The summed E-state index contributed by atoms with van der Waals surface area (Å²) in [5.74, 6) is -0.722. The van der Waals surface area contributed by atoms with Gasteiger partial charge in [0.05, 0.1) is 4.92 Å². The molecule has 0 aliphatic rings. The highest BCUT2D eigenvalue weighted by molar-refractivity contribution is 5.94.